The molecule has 0 amide bonds. The van der Waals surface area contributed by atoms with Crippen molar-refractivity contribution in [2.75, 3.05) is 38.0 Å². The van der Waals surface area contributed by atoms with Gasteiger partial charge in [-0.15, -0.1) is 0 Å². The molecule has 1 aromatic heterocycles. The van der Waals surface area contributed by atoms with Gasteiger partial charge in [0, 0.05) is 19.7 Å². The second-order valence-corrected chi connectivity index (χ2v) is 4.74. The van der Waals surface area contributed by atoms with E-state index in [1.165, 1.54) is 20.0 Å². The van der Waals surface area contributed by atoms with Crippen LogP contribution in [0.4, 0.5) is 11.9 Å². The van der Waals surface area contributed by atoms with E-state index in [0.717, 1.165) is 6.54 Å². The molecule has 1 heterocycles. The molecule has 1 fully saturated rings. The second kappa shape index (κ2) is 6.01. The van der Waals surface area contributed by atoms with Gasteiger partial charge in [0.25, 0.3) is 0 Å². The number of hydrogen-bond acceptors (Lipinski definition) is 7. The van der Waals surface area contributed by atoms with Gasteiger partial charge in [0.05, 0.1) is 13.7 Å². The van der Waals surface area contributed by atoms with Gasteiger partial charge in [-0.2, -0.15) is 15.0 Å². The smallest absolute Gasteiger partial charge is 0.322 e. The average molecular weight is 267 g/mol. The van der Waals surface area contributed by atoms with Crippen molar-refractivity contribution in [3.63, 3.8) is 0 Å². The maximum absolute atomic E-state index is 5.69. The maximum atomic E-state index is 5.69. The van der Waals surface area contributed by atoms with Crippen LogP contribution in [0.1, 0.15) is 19.8 Å². The molecule has 1 aliphatic carbocycles. The summed E-state index contributed by atoms with van der Waals surface area (Å²) in [7, 11) is 3.20. The lowest BCUT2D eigenvalue weighted by atomic mass is 10.2. The Kier molecular flexibility index (Phi) is 4.36. The highest BCUT2D eigenvalue weighted by Crippen LogP contribution is 2.36. The van der Waals surface area contributed by atoms with Crippen LogP contribution in [0.15, 0.2) is 0 Å². The summed E-state index contributed by atoms with van der Waals surface area (Å²) in [5, 5.41) is 0. The number of aromatic nitrogens is 3. The summed E-state index contributed by atoms with van der Waals surface area (Å²) in [5.74, 6) is 1.42. The molecule has 0 aliphatic heterocycles. The van der Waals surface area contributed by atoms with Gasteiger partial charge in [-0.05, 0) is 25.7 Å². The fourth-order valence-electron chi connectivity index (χ4n) is 2.09. The van der Waals surface area contributed by atoms with Crippen LogP contribution in [0, 0.1) is 5.92 Å². The van der Waals surface area contributed by atoms with Crippen LogP contribution in [0.25, 0.3) is 0 Å². The van der Waals surface area contributed by atoms with Crippen molar-refractivity contribution in [2.45, 2.75) is 25.8 Å². The first-order valence-electron chi connectivity index (χ1n) is 6.46. The SMILES string of the molecule is COCCN(c1nc(N)nc(OC)n1)C(C)C1CC1. The summed E-state index contributed by atoms with van der Waals surface area (Å²) in [4.78, 5) is 14.5. The molecule has 2 N–H and O–H groups in total. The van der Waals surface area contributed by atoms with Crippen molar-refractivity contribution in [3.05, 3.63) is 0 Å². The zero-order chi connectivity index (χ0) is 13.8. The van der Waals surface area contributed by atoms with Crippen molar-refractivity contribution < 1.29 is 9.47 Å². The zero-order valence-corrected chi connectivity index (χ0v) is 11.7. The Bertz CT molecular complexity index is 425. The zero-order valence-electron chi connectivity index (χ0n) is 11.7. The van der Waals surface area contributed by atoms with E-state index >= 15 is 0 Å². The lowest BCUT2D eigenvalue weighted by molar-refractivity contribution is 0.202. The van der Waals surface area contributed by atoms with Crippen molar-refractivity contribution in [2.24, 2.45) is 5.92 Å². The van der Waals surface area contributed by atoms with E-state index in [9.17, 15) is 0 Å². The van der Waals surface area contributed by atoms with E-state index < -0.39 is 0 Å². The Balaban J connectivity index is 2.22. The third kappa shape index (κ3) is 3.44. The van der Waals surface area contributed by atoms with Crippen molar-refractivity contribution in [3.8, 4) is 6.01 Å². The maximum Gasteiger partial charge on any atom is 0.322 e. The van der Waals surface area contributed by atoms with Gasteiger partial charge in [0.15, 0.2) is 0 Å². The molecule has 1 atom stereocenters. The van der Waals surface area contributed by atoms with Crippen LogP contribution in [0.5, 0.6) is 6.01 Å². The van der Waals surface area contributed by atoms with Gasteiger partial charge >= 0.3 is 6.01 Å². The van der Waals surface area contributed by atoms with Gasteiger partial charge in [-0.25, -0.2) is 0 Å². The lowest BCUT2D eigenvalue weighted by Gasteiger charge is -2.29. The van der Waals surface area contributed by atoms with Crippen LogP contribution in [-0.2, 0) is 4.74 Å². The molecule has 0 saturated heterocycles. The summed E-state index contributed by atoms with van der Waals surface area (Å²) in [5.41, 5.74) is 5.69. The number of hydrogen-bond donors (Lipinski definition) is 1. The molecule has 0 aromatic carbocycles. The predicted octanol–water partition coefficient (Wildman–Crippen LogP) is 0.714. The van der Waals surface area contributed by atoms with Crippen molar-refractivity contribution in [1.82, 2.24) is 15.0 Å². The van der Waals surface area contributed by atoms with Crippen LogP contribution in [-0.4, -0.2) is 48.4 Å². The lowest BCUT2D eigenvalue weighted by Crippen LogP contribution is -2.38. The van der Waals surface area contributed by atoms with Crippen molar-refractivity contribution >= 4 is 11.9 Å². The fourth-order valence-corrected chi connectivity index (χ4v) is 2.09. The normalized spacial score (nSPS) is 16.2. The van der Waals surface area contributed by atoms with E-state index in [2.05, 4.69) is 26.8 Å². The Morgan fingerprint density at radius 3 is 2.63 bits per heavy atom. The summed E-state index contributed by atoms with van der Waals surface area (Å²) in [6.07, 6.45) is 2.50. The molecule has 1 aliphatic rings. The topological polar surface area (TPSA) is 86.4 Å². The third-order valence-corrected chi connectivity index (χ3v) is 3.39. The second-order valence-electron chi connectivity index (χ2n) is 4.74. The monoisotopic (exact) mass is 267 g/mol. The summed E-state index contributed by atoms with van der Waals surface area (Å²) in [6.45, 7) is 3.52. The minimum atomic E-state index is 0.173. The van der Waals surface area contributed by atoms with E-state index in [1.807, 2.05) is 0 Å². The molecule has 1 aromatic rings. The van der Waals surface area contributed by atoms with E-state index in [0.29, 0.717) is 24.5 Å². The van der Waals surface area contributed by atoms with Gasteiger partial charge in [-0.3, -0.25) is 0 Å². The van der Waals surface area contributed by atoms with Gasteiger partial charge in [-0.1, -0.05) is 0 Å². The number of nitrogen functional groups attached to an aromatic ring is 1. The summed E-state index contributed by atoms with van der Waals surface area (Å²) >= 11 is 0. The molecule has 1 saturated carbocycles. The minimum absolute atomic E-state index is 0.173. The molecule has 7 heteroatoms. The molecule has 106 valence electrons. The van der Waals surface area contributed by atoms with Crippen LogP contribution < -0.4 is 15.4 Å². The quantitative estimate of drug-likeness (QED) is 0.778. The van der Waals surface area contributed by atoms with E-state index in [4.69, 9.17) is 15.2 Å². The summed E-state index contributed by atoms with van der Waals surface area (Å²) in [6, 6.07) is 0.606. The number of anilines is 2. The Labute approximate surface area is 113 Å². The highest BCUT2D eigenvalue weighted by atomic mass is 16.5. The molecule has 2 rings (SSSR count). The van der Waals surface area contributed by atoms with E-state index in [1.54, 1.807) is 7.11 Å². The molecule has 0 bridgehead atoms. The standard InChI is InChI=1S/C12H21N5O2/c1-8(9-4-5-9)17(6-7-18-2)11-14-10(13)15-12(16-11)19-3/h8-9H,4-7H2,1-3H3,(H2,13,14,15,16). The van der Waals surface area contributed by atoms with E-state index in [-0.39, 0.29) is 12.0 Å². The first-order valence-corrected chi connectivity index (χ1v) is 6.46. The third-order valence-electron chi connectivity index (χ3n) is 3.39. The predicted molar refractivity (Wildman–Crippen MR) is 72.2 cm³/mol. The van der Waals surface area contributed by atoms with Crippen LogP contribution >= 0.6 is 0 Å². The molecule has 0 spiro atoms. The molecular weight excluding hydrogens is 246 g/mol. The number of methoxy groups -OCH3 is 2. The molecule has 7 nitrogen and oxygen atoms in total. The highest BCUT2D eigenvalue weighted by molar-refractivity contribution is 5.37. The summed E-state index contributed by atoms with van der Waals surface area (Å²) < 4.78 is 10.2. The number of nitrogens with zero attached hydrogens (tertiary/aromatic N) is 4. The first kappa shape index (κ1) is 13.8. The first-order chi connectivity index (χ1) is 9.15. The average Bonchev–Trinajstić information content (AvgIpc) is 3.22. The number of rotatable bonds is 7. The highest BCUT2D eigenvalue weighted by Gasteiger charge is 2.33. The van der Waals surface area contributed by atoms with Crippen molar-refractivity contribution in [1.29, 1.82) is 0 Å². The Morgan fingerprint density at radius 2 is 2.05 bits per heavy atom. The fraction of sp³-hybridized carbons (Fsp3) is 0.750. The molecular formula is C12H21N5O2. The largest absolute Gasteiger partial charge is 0.467 e. The van der Waals surface area contributed by atoms with Crippen LogP contribution in [0.2, 0.25) is 0 Å². The van der Waals surface area contributed by atoms with Gasteiger partial charge in [0.1, 0.15) is 0 Å². The number of ether oxygens (including phenoxy) is 2. The van der Waals surface area contributed by atoms with Gasteiger partial charge in [0.2, 0.25) is 11.9 Å². The molecule has 1 unspecified atom stereocenters. The molecule has 0 radical (unpaired) electrons. The minimum Gasteiger partial charge on any atom is -0.467 e. The van der Waals surface area contributed by atoms with Crippen LogP contribution in [0.3, 0.4) is 0 Å². The van der Waals surface area contributed by atoms with Gasteiger partial charge < -0.3 is 20.1 Å². The Morgan fingerprint density at radius 1 is 1.32 bits per heavy atom. The Hall–Kier alpha value is -1.63. The molecule has 19 heavy (non-hydrogen) atoms. The number of nitrogens with two attached hydrogens (primary N) is 1.